The van der Waals surface area contributed by atoms with Crippen molar-refractivity contribution < 1.29 is 0 Å². The Morgan fingerprint density at radius 3 is 2.69 bits per heavy atom. The van der Waals surface area contributed by atoms with Gasteiger partial charge in [-0.15, -0.1) is 0 Å². The lowest BCUT2D eigenvalue weighted by Gasteiger charge is -2.03. The fourth-order valence-corrected chi connectivity index (χ4v) is 1.77. The van der Waals surface area contributed by atoms with E-state index in [4.69, 9.17) is 28.5 Å². The van der Waals surface area contributed by atoms with Gasteiger partial charge in [-0.05, 0) is 24.3 Å². The predicted octanol–water partition coefficient (Wildman–Crippen LogP) is 3.32. The molecule has 0 aliphatic heterocycles. The summed E-state index contributed by atoms with van der Waals surface area (Å²) in [5, 5.41) is 9.75. The van der Waals surface area contributed by atoms with Gasteiger partial charge in [0, 0.05) is 16.8 Å². The lowest BCUT2D eigenvalue weighted by atomic mass is 10.1. The SMILES string of the molecule is N#Cc1nccc(-c2ccc(Cl)cc2Cl)n1. The minimum absolute atomic E-state index is 0.114. The molecule has 0 N–H and O–H groups in total. The van der Waals surface area contributed by atoms with Crippen molar-refractivity contribution in [3.63, 3.8) is 0 Å². The van der Waals surface area contributed by atoms with Crippen molar-refractivity contribution in [3.05, 3.63) is 46.3 Å². The number of hydrogen-bond donors (Lipinski definition) is 0. The molecule has 3 nitrogen and oxygen atoms in total. The number of halogens is 2. The Hall–Kier alpha value is -1.63. The van der Waals surface area contributed by atoms with Crippen LogP contribution in [0.4, 0.5) is 0 Å². The number of aromatic nitrogens is 2. The van der Waals surface area contributed by atoms with Crippen LogP contribution in [0.15, 0.2) is 30.5 Å². The zero-order valence-electron chi connectivity index (χ0n) is 7.98. The number of rotatable bonds is 1. The molecular weight excluding hydrogens is 245 g/mol. The quantitative estimate of drug-likeness (QED) is 0.779. The van der Waals surface area contributed by atoms with Crippen LogP contribution in [-0.4, -0.2) is 9.97 Å². The first-order valence-corrected chi connectivity index (χ1v) is 5.15. The van der Waals surface area contributed by atoms with Gasteiger partial charge in [-0.2, -0.15) is 5.26 Å². The number of nitrogens with zero attached hydrogens (tertiary/aromatic N) is 3. The molecule has 78 valence electrons. The van der Waals surface area contributed by atoms with Crippen LogP contribution in [0.25, 0.3) is 11.3 Å². The van der Waals surface area contributed by atoms with Crippen LogP contribution in [-0.2, 0) is 0 Å². The van der Waals surface area contributed by atoms with Crippen molar-refractivity contribution in [1.29, 1.82) is 5.26 Å². The number of nitriles is 1. The van der Waals surface area contributed by atoms with Gasteiger partial charge in [0.2, 0.25) is 5.82 Å². The highest BCUT2D eigenvalue weighted by atomic mass is 35.5. The van der Waals surface area contributed by atoms with Gasteiger partial charge < -0.3 is 0 Å². The topological polar surface area (TPSA) is 49.6 Å². The van der Waals surface area contributed by atoms with Gasteiger partial charge in [-0.25, -0.2) is 9.97 Å². The van der Waals surface area contributed by atoms with E-state index in [1.807, 2.05) is 6.07 Å². The highest BCUT2D eigenvalue weighted by Crippen LogP contribution is 2.28. The molecule has 5 heteroatoms. The second-order valence-electron chi connectivity index (χ2n) is 3.00. The van der Waals surface area contributed by atoms with E-state index in [9.17, 15) is 0 Å². The monoisotopic (exact) mass is 249 g/mol. The molecule has 0 unspecified atom stereocenters. The fraction of sp³-hybridized carbons (Fsp3) is 0. The van der Waals surface area contributed by atoms with Crippen LogP contribution in [0.1, 0.15) is 5.82 Å². The average molecular weight is 250 g/mol. The Bertz CT molecular complexity index is 576. The minimum Gasteiger partial charge on any atom is -0.227 e. The van der Waals surface area contributed by atoms with Gasteiger partial charge in [0.1, 0.15) is 6.07 Å². The van der Waals surface area contributed by atoms with Crippen LogP contribution in [0.5, 0.6) is 0 Å². The molecule has 1 aromatic heterocycles. The Labute approximate surface area is 102 Å². The summed E-state index contributed by atoms with van der Waals surface area (Å²) in [7, 11) is 0. The van der Waals surface area contributed by atoms with Gasteiger partial charge in [0.05, 0.1) is 10.7 Å². The number of hydrogen-bond acceptors (Lipinski definition) is 3. The molecule has 1 aromatic carbocycles. The highest BCUT2D eigenvalue weighted by Gasteiger charge is 2.06. The predicted molar refractivity (Wildman–Crippen MR) is 62.2 cm³/mol. The summed E-state index contributed by atoms with van der Waals surface area (Å²) >= 11 is 11.8. The summed E-state index contributed by atoms with van der Waals surface area (Å²) in [6.07, 6.45) is 1.52. The van der Waals surface area contributed by atoms with Crippen LogP contribution in [0, 0.1) is 11.3 Å². The first kappa shape index (κ1) is 10.9. The van der Waals surface area contributed by atoms with Crippen molar-refractivity contribution in [2.24, 2.45) is 0 Å². The lowest BCUT2D eigenvalue weighted by Crippen LogP contribution is -1.91. The van der Waals surface area contributed by atoms with E-state index in [-0.39, 0.29) is 5.82 Å². The van der Waals surface area contributed by atoms with Crippen molar-refractivity contribution in [1.82, 2.24) is 9.97 Å². The van der Waals surface area contributed by atoms with Gasteiger partial charge in [-0.3, -0.25) is 0 Å². The molecule has 0 aliphatic carbocycles. The third-order valence-electron chi connectivity index (χ3n) is 1.96. The Morgan fingerprint density at radius 2 is 2.00 bits per heavy atom. The summed E-state index contributed by atoms with van der Waals surface area (Å²) in [5.74, 6) is 0.114. The van der Waals surface area contributed by atoms with Crippen LogP contribution in [0.2, 0.25) is 10.0 Å². The first-order chi connectivity index (χ1) is 7.70. The van der Waals surface area contributed by atoms with Crippen LogP contribution in [0.3, 0.4) is 0 Å². The third kappa shape index (κ3) is 2.13. The normalized spacial score (nSPS) is 9.81. The van der Waals surface area contributed by atoms with E-state index >= 15 is 0 Å². The van der Waals surface area contributed by atoms with E-state index in [0.29, 0.717) is 15.7 Å². The maximum atomic E-state index is 8.69. The second-order valence-corrected chi connectivity index (χ2v) is 3.85. The molecule has 2 rings (SSSR count). The van der Waals surface area contributed by atoms with Gasteiger partial charge in [0.25, 0.3) is 0 Å². The van der Waals surface area contributed by atoms with E-state index in [0.717, 1.165) is 5.56 Å². The standard InChI is InChI=1S/C11H5Cl2N3/c12-7-1-2-8(9(13)5-7)10-3-4-15-11(6-14)16-10/h1-5H. The zero-order valence-corrected chi connectivity index (χ0v) is 9.50. The van der Waals surface area contributed by atoms with E-state index < -0.39 is 0 Å². The van der Waals surface area contributed by atoms with Gasteiger partial charge >= 0.3 is 0 Å². The summed E-state index contributed by atoms with van der Waals surface area (Å²) in [6.45, 7) is 0. The molecule has 0 spiro atoms. The molecule has 0 amide bonds. The van der Waals surface area contributed by atoms with Gasteiger partial charge in [-0.1, -0.05) is 23.2 Å². The molecule has 0 saturated carbocycles. The van der Waals surface area contributed by atoms with Gasteiger partial charge in [0.15, 0.2) is 0 Å². The molecule has 0 saturated heterocycles. The number of benzene rings is 1. The highest BCUT2D eigenvalue weighted by molar-refractivity contribution is 6.36. The molecule has 0 fully saturated rings. The maximum Gasteiger partial charge on any atom is 0.232 e. The Morgan fingerprint density at radius 1 is 1.19 bits per heavy atom. The van der Waals surface area contributed by atoms with E-state index in [1.165, 1.54) is 6.20 Å². The average Bonchev–Trinajstić information content (AvgIpc) is 2.29. The maximum absolute atomic E-state index is 8.69. The minimum atomic E-state index is 0.114. The first-order valence-electron chi connectivity index (χ1n) is 4.39. The molecule has 0 radical (unpaired) electrons. The second kappa shape index (κ2) is 4.48. The molecule has 0 atom stereocenters. The summed E-state index contributed by atoms with van der Waals surface area (Å²) in [5.41, 5.74) is 1.33. The summed E-state index contributed by atoms with van der Waals surface area (Å²) < 4.78 is 0. The molecule has 0 aliphatic rings. The third-order valence-corrected chi connectivity index (χ3v) is 2.51. The fourth-order valence-electron chi connectivity index (χ4n) is 1.26. The summed E-state index contributed by atoms with van der Waals surface area (Å²) in [6, 6.07) is 8.68. The van der Waals surface area contributed by atoms with Crippen molar-refractivity contribution >= 4 is 23.2 Å². The molecule has 16 heavy (non-hydrogen) atoms. The van der Waals surface area contributed by atoms with Crippen molar-refractivity contribution in [3.8, 4) is 17.3 Å². The summed E-state index contributed by atoms with van der Waals surface area (Å²) in [4.78, 5) is 7.84. The van der Waals surface area contributed by atoms with Crippen molar-refractivity contribution in [2.45, 2.75) is 0 Å². The van der Waals surface area contributed by atoms with E-state index in [1.54, 1.807) is 24.3 Å². The van der Waals surface area contributed by atoms with E-state index in [2.05, 4.69) is 9.97 Å². The lowest BCUT2D eigenvalue weighted by molar-refractivity contribution is 1.12. The van der Waals surface area contributed by atoms with Crippen molar-refractivity contribution in [2.75, 3.05) is 0 Å². The molecule has 0 bridgehead atoms. The zero-order chi connectivity index (χ0) is 11.5. The van der Waals surface area contributed by atoms with Crippen LogP contribution < -0.4 is 0 Å². The smallest absolute Gasteiger partial charge is 0.227 e. The molecule has 2 aromatic rings. The molecular formula is C11H5Cl2N3. The Kier molecular flexibility index (Phi) is 3.04. The molecule has 1 heterocycles. The van der Waals surface area contributed by atoms with Crippen LogP contribution >= 0.6 is 23.2 Å². The largest absolute Gasteiger partial charge is 0.232 e. The Balaban J connectivity index is 2.55.